The minimum Gasteiger partial charge on any atom is -0.469 e. The molecule has 4 aliphatic carbocycles. The van der Waals surface area contributed by atoms with Gasteiger partial charge in [-0.2, -0.15) is 0 Å². The van der Waals surface area contributed by atoms with Gasteiger partial charge in [0, 0.05) is 13.3 Å². The molecule has 4 fully saturated rings. The molecule has 5 heteroatoms. The molecule has 1 N–H and O–H groups in total. The fraction of sp³-hybridized carbons (Fsp3) is 0.931. The van der Waals surface area contributed by atoms with Gasteiger partial charge in [0.15, 0.2) is 0 Å². The van der Waals surface area contributed by atoms with Gasteiger partial charge in [-0.25, -0.2) is 0 Å². The second-order valence-electron chi connectivity index (χ2n) is 13.0. The summed E-state index contributed by atoms with van der Waals surface area (Å²) in [5.41, 5.74) is 0.812. The fourth-order valence-corrected chi connectivity index (χ4v) is 9.88. The van der Waals surface area contributed by atoms with Crippen LogP contribution in [0.3, 0.4) is 0 Å². The van der Waals surface area contributed by atoms with E-state index in [4.69, 9.17) is 9.47 Å². The van der Waals surface area contributed by atoms with Crippen molar-refractivity contribution in [3.8, 4) is 0 Å². The van der Waals surface area contributed by atoms with Crippen molar-refractivity contribution in [2.24, 2.45) is 45.8 Å². The maximum Gasteiger partial charge on any atom is 0.305 e. The molecule has 4 aliphatic rings. The number of hydrogen-bond acceptors (Lipinski definition) is 5. The summed E-state index contributed by atoms with van der Waals surface area (Å²) in [5, 5.41) is 11.2. The molecule has 0 unspecified atom stereocenters. The quantitative estimate of drug-likeness (QED) is 0.482. The molecule has 0 saturated heterocycles. The molecule has 4 saturated carbocycles. The normalized spacial score (nSPS) is 46.6. The summed E-state index contributed by atoms with van der Waals surface area (Å²) >= 11 is 0. The van der Waals surface area contributed by atoms with E-state index in [1.165, 1.54) is 46.1 Å². The highest BCUT2D eigenvalue weighted by Gasteiger charge is 2.66. The molecular weight excluding hydrogens is 428 g/mol. The first-order valence-corrected chi connectivity index (χ1v) is 13.9. The van der Waals surface area contributed by atoms with Crippen LogP contribution in [0.5, 0.6) is 0 Å². The number of carbonyl (C=O) groups excluding carboxylic acids is 2. The van der Waals surface area contributed by atoms with Gasteiger partial charge in [-0.15, -0.1) is 0 Å². The van der Waals surface area contributed by atoms with E-state index in [-0.39, 0.29) is 29.4 Å². The van der Waals surface area contributed by atoms with E-state index in [9.17, 15) is 14.7 Å². The lowest BCUT2D eigenvalue weighted by Gasteiger charge is -2.65. The van der Waals surface area contributed by atoms with Crippen molar-refractivity contribution in [3.05, 3.63) is 0 Å². The molecule has 0 aromatic heterocycles. The zero-order valence-corrected chi connectivity index (χ0v) is 22.4. The molecule has 0 aliphatic heterocycles. The number of hydrogen-bond donors (Lipinski definition) is 1. The van der Waals surface area contributed by atoms with E-state index >= 15 is 0 Å². The molecule has 34 heavy (non-hydrogen) atoms. The van der Waals surface area contributed by atoms with Gasteiger partial charge in [-0.05, 0) is 110 Å². The van der Waals surface area contributed by atoms with Crippen LogP contribution >= 0.6 is 0 Å². The number of aliphatic hydroxyl groups is 1. The Labute approximate surface area is 206 Å². The molecule has 10 atom stereocenters. The minimum atomic E-state index is -0.532. The average molecular weight is 477 g/mol. The van der Waals surface area contributed by atoms with Crippen molar-refractivity contribution >= 4 is 11.9 Å². The Morgan fingerprint density at radius 2 is 1.62 bits per heavy atom. The Morgan fingerprint density at radius 1 is 0.941 bits per heavy atom. The number of aliphatic hydroxyl groups excluding tert-OH is 1. The number of esters is 2. The van der Waals surface area contributed by atoms with Gasteiger partial charge >= 0.3 is 11.9 Å². The van der Waals surface area contributed by atoms with Gasteiger partial charge in [-0.1, -0.05) is 27.7 Å². The predicted octanol–water partition coefficient (Wildman–Crippen LogP) is 5.92. The number of fused-ring (bicyclic) bond motifs is 5. The van der Waals surface area contributed by atoms with Crippen molar-refractivity contribution < 1.29 is 24.2 Å². The van der Waals surface area contributed by atoms with Crippen LogP contribution in [0.2, 0.25) is 0 Å². The zero-order valence-electron chi connectivity index (χ0n) is 22.4. The maximum absolute atomic E-state index is 11.6. The lowest BCUT2D eigenvalue weighted by Crippen LogP contribution is -2.61. The van der Waals surface area contributed by atoms with Gasteiger partial charge in [0.2, 0.25) is 0 Å². The summed E-state index contributed by atoms with van der Waals surface area (Å²) in [4.78, 5) is 23.2. The van der Waals surface area contributed by atoms with Crippen molar-refractivity contribution in [1.29, 1.82) is 0 Å². The second-order valence-corrected chi connectivity index (χ2v) is 13.0. The first kappa shape index (κ1) is 26.0. The molecule has 0 spiro atoms. The molecule has 0 radical (unpaired) electrons. The van der Waals surface area contributed by atoms with E-state index in [0.29, 0.717) is 40.9 Å². The van der Waals surface area contributed by atoms with Crippen LogP contribution in [0.1, 0.15) is 105 Å². The van der Waals surface area contributed by atoms with Crippen molar-refractivity contribution in [2.75, 3.05) is 7.11 Å². The third kappa shape index (κ3) is 4.02. The van der Waals surface area contributed by atoms with E-state index in [0.717, 1.165) is 32.1 Å². The Bertz CT molecular complexity index is 780. The number of ether oxygens (including phenoxy) is 2. The zero-order chi connectivity index (χ0) is 24.9. The van der Waals surface area contributed by atoms with Gasteiger partial charge in [0.25, 0.3) is 0 Å². The molecule has 0 bridgehead atoms. The SMILES string of the molecule is COC(=O)CCC[C@@H](C)[C@H]1CC[C@@]2(C)[C@@H]3CC[C@H]4[C@@H](O)[C@@H](OC(C)=O)CC[C@]4(C)[C@H]3CC[C@]12C. The summed E-state index contributed by atoms with van der Waals surface area (Å²) in [7, 11) is 1.48. The highest BCUT2D eigenvalue weighted by Crippen LogP contribution is 2.73. The Balaban J connectivity index is 1.49. The van der Waals surface area contributed by atoms with Crippen molar-refractivity contribution in [3.63, 3.8) is 0 Å². The standard InChI is InChI=1S/C29H48O5/c1-18(8-7-9-25(31)33-6)20-12-16-29(5)22-10-11-23-26(32)24(34-19(2)30)14-15-27(23,3)21(22)13-17-28(20,29)4/h18,20-24,26,32H,7-17H2,1-6H3/t18-,20-,21+,22-,23+,24+,26-,27-,28-,29+/m1/s1. The molecule has 194 valence electrons. The lowest BCUT2D eigenvalue weighted by molar-refractivity contribution is -0.205. The first-order valence-electron chi connectivity index (χ1n) is 13.9. The van der Waals surface area contributed by atoms with Crippen LogP contribution < -0.4 is 0 Å². The van der Waals surface area contributed by atoms with Gasteiger partial charge in [0.1, 0.15) is 6.10 Å². The predicted molar refractivity (Wildman–Crippen MR) is 132 cm³/mol. The number of methoxy groups -OCH3 is 1. The van der Waals surface area contributed by atoms with Crippen molar-refractivity contribution in [1.82, 2.24) is 0 Å². The van der Waals surface area contributed by atoms with E-state index < -0.39 is 6.10 Å². The molecule has 4 rings (SSSR count). The summed E-state index contributed by atoms with van der Waals surface area (Å²) < 4.78 is 10.4. The third-order valence-electron chi connectivity index (χ3n) is 11.9. The fourth-order valence-electron chi connectivity index (χ4n) is 9.88. The van der Waals surface area contributed by atoms with E-state index in [1.807, 2.05) is 0 Å². The van der Waals surface area contributed by atoms with Crippen LogP contribution in [-0.4, -0.2) is 36.4 Å². The summed E-state index contributed by atoms with van der Waals surface area (Å²) in [6.07, 6.45) is 10.9. The highest BCUT2D eigenvalue weighted by molar-refractivity contribution is 5.69. The number of carbonyl (C=O) groups is 2. The smallest absolute Gasteiger partial charge is 0.305 e. The topological polar surface area (TPSA) is 72.8 Å². The molecular formula is C29H48O5. The number of rotatable bonds is 6. The summed E-state index contributed by atoms with van der Waals surface area (Å²) in [6, 6.07) is 0. The first-order chi connectivity index (χ1) is 16.0. The van der Waals surface area contributed by atoms with Crippen LogP contribution in [-0.2, 0) is 19.1 Å². The Kier molecular flexibility index (Phi) is 7.19. The maximum atomic E-state index is 11.6. The van der Waals surface area contributed by atoms with Gasteiger partial charge in [-0.3, -0.25) is 9.59 Å². The van der Waals surface area contributed by atoms with Crippen LogP contribution in [0.15, 0.2) is 0 Å². The highest BCUT2D eigenvalue weighted by atomic mass is 16.6. The molecule has 0 amide bonds. The Morgan fingerprint density at radius 3 is 2.29 bits per heavy atom. The van der Waals surface area contributed by atoms with Crippen LogP contribution in [0.25, 0.3) is 0 Å². The van der Waals surface area contributed by atoms with Crippen LogP contribution in [0.4, 0.5) is 0 Å². The summed E-state index contributed by atoms with van der Waals surface area (Å²) in [6.45, 7) is 11.5. The summed E-state index contributed by atoms with van der Waals surface area (Å²) in [5.74, 6) is 2.55. The largest absolute Gasteiger partial charge is 0.469 e. The van der Waals surface area contributed by atoms with E-state index in [2.05, 4.69) is 27.7 Å². The van der Waals surface area contributed by atoms with E-state index in [1.54, 1.807) is 0 Å². The van der Waals surface area contributed by atoms with Crippen LogP contribution in [0, 0.1) is 45.8 Å². The third-order valence-corrected chi connectivity index (χ3v) is 11.9. The lowest BCUT2D eigenvalue weighted by atomic mass is 9.40. The van der Waals surface area contributed by atoms with Gasteiger partial charge < -0.3 is 14.6 Å². The minimum absolute atomic E-state index is 0.0919. The molecule has 0 heterocycles. The van der Waals surface area contributed by atoms with Crippen molar-refractivity contribution in [2.45, 2.75) is 117 Å². The second kappa shape index (κ2) is 9.41. The Hall–Kier alpha value is -1.10. The monoisotopic (exact) mass is 476 g/mol. The van der Waals surface area contributed by atoms with Gasteiger partial charge in [0.05, 0.1) is 13.2 Å². The molecule has 0 aromatic carbocycles. The average Bonchev–Trinajstić information content (AvgIpc) is 3.07. The molecule has 5 nitrogen and oxygen atoms in total. The molecule has 0 aromatic rings.